The zero-order valence-corrected chi connectivity index (χ0v) is 22.3. The van der Waals surface area contributed by atoms with Gasteiger partial charge in [0.15, 0.2) is 17.3 Å². The number of hydrogen-bond acceptors (Lipinski definition) is 6. The highest BCUT2D eigenvalue weighted by Crippen LogP contribution is 2.31. The smallest absolute Gasteiger partial charge is 0.287 e. The van der Waals surface area contributed by atoms with Crippen molar-refractivity contribution in [2.24, 2.45) is 11.8 Å². The van der Waals surface area contributed by atoms with Crippen molar-refractivity contribution >= 4 is 26.9 Å². The molecule has 4 rings (SSSR count). The van der Waals surface area contributed by atoms with Gasteiger partial charge in [-0.15, -0.1) is 0 Å². The molecule has 1 fully saturated rings. The molecule has 2 aromatic carbocycles. The third-order valence-corrected chi connectivity index (χ3v) is 8.56. The van der Waals surface area contributed by atoms with E-state index in [-0.39, 0.29) is 16.6 Å². The summed E-state index contributed by atoms with van der Waals surface area (Å²) < 4.78 is 44.7. The van der Waals surface area contributed by atoms with Crippen LogP contribution in [0.15, 0.2) is 45.7 Å². The first-order chi connectivity index (χ1) is 17.1. The van der Waals surface area contributed by atoms with Gasteiger partial charge in [0.25, 0.3) is 5.91 Å². The van der Waals surface area contributed by atoms with Gasteiger partial charge in [-0.1, -0.05) is 19.9 Å². The van der Waals surface area contributed by atoms with E-state index in [1.807, 2.05) is 18.2 Å². The molecule has 9 heteroatoms. The van der Waals surface area contributed by atoms with Crippen molar-refractivity contribution in [3.8, 4) is 11.5 Å². The zero-order valence-electron chi connectivity index (χ0n) is 21.5. The quantitative estimate of drug-likeness (QED) is 0.479. The molecule has 1 saturated heterocycles. The second kappa shape index (κ2) is 10.5. The molecule has 1 aromatic heterocycles. The molecule has 2 unspecified atom stereocenters. The maximum atomic E-state index is 13.3. The van der Waals surface area contributed by atoms with Crippen LogP contribution in [0.4, 0.5) is 0 Å². The standard InChI is InChI=1S/C27H34N2O6S/c1-17-12-18(2)16-29(15-17)36(31,32)21-7-9-23-22(14-21)19(3)26(35-23)27(30)28-11-10-20-6-8-24(33-4)25(13-20)34-5/h6-9,13-14,17-18H,10-12,15-16H2,1-5H3,(H,28,30). The topological polar surface area (TPSA) is 98.1 Å². The molecule has 0 spiro atoms. The van der Waals surface area contributed by atoms with Gasteiger partial charge in [0.05, 0.1) is 19.1 Å². The molecule has 1 N–H and O–H groups in total. The van der Waals surface area contributed by atoms with Crippen LogP contribution in [0.25, 0.3) is 11.0 Å². The average molecular weight is 515 g/mol. The third-order valence-electron chi connectivity index (χ3n) is 6.73. The van der Waals surface area contributed by atoms with E-state index in [1.54, 1.807) is 43.6 Å². The van der Waals surface area contributed by atoms with Gasteiger partial charge < -0.3 is 19.2 Å². The van der Waals surface area contributed by atoms with Crippen molar-refractivity contribution in [1.82, 2.24) is 9.62 Å². The SMILES string of the molecule is COc1ccc(CCNC(=O)c2oc3ccc(S(=O)(=O)N4CC(C)CC(C)C4)cc3c2C)cc1OC. The summed E-state index contributed by atoms with van der Waals surface area (Å²) in [5.74, 6) is 1.76. The zero-order chi connectivity index (χ0) is 26.0. The van der Waals surface area contributed by atoms with E-state index in [0.29, 0.717) is 65.9 Å². The van der Waals surface area contributed by atoms with Crippen LogP contribution in [0.1, 0.15) is 41.9 Å². The predicted molar refractivity (Wildman–Crippen MR) is 138 cm³/mol. The number of sulfonamides is 1. The van der Waals surface area contributed by atoms with Gasteiger partial charge in [-0.25, -0.2) is 8.42 Å². The van der Waals surface area contributed by atoms with Crippen LogP contribution >= 0.6 is 0 Å². The lowest BCUT2D eigenvalue weighted by molar-refractivity contribution is 0.0927. The Morgan fingerprint density at radius 2 is 1.75 bits per heavy atom. The molecular formula is C27H34N2O6S. The maximum Gasteiger partial charge on any atom is 0.287 e. The average Bonchev–Trinajstić information content (AvgIpc) is 3.19. The van der Waals surface area contributed by atoms with Crippen molar-refractivity contribution in [3.05, 3.63) is 53.3 Å². The number of nitrogens with zero attached hydrogens (tertiary/aromatic N) is 1. The van der Waals surface area contributed by atoms with Crippen LogP contribution < -0.4 is 14.8 Å². The fourth-order valence-corrected chi connectivity index (χ4v) is 6.67. The van der Waals surface area contributed by atoms with E-state index in [9.17, 15) is 13.2 Å². The number of methoxy groups -OCH3 is 2. The summed E-state index contributed by atoms with van der Waals surface area (Å²) >= 11 is 0. The molecule has 0 radical (unpaired) electrons. The minimum Gasteiger partial charge on any atom is -0.493 e. The fraction of sp³-hybridized carbons (Fsp3) is 0.444. The molecule has 3 aromatic rings. The Morgan fingerprint density at radius 1 is 1.06 bits per heavy atom. The number of benzene rings is 2. The monoisotopic (exact) mass is 514 g/mol. The van der Waals surface area contributed by atoms with Crippen LogP contribution in [0.2, 0.25) is 0 Å². The number of piperidine rings is 1. The Kier molecular flexibility index (Phi) is 7.61. The number of carbonyl (C=O) groups is 1. The van der Waals surface area contributed by atoms with Crippen molar-refractivity contribution in [3.63, 3.8) is 0 Å². The van der Waals surface area contributed by atoms with Crippen LogP contribution in [0, 0.1) is 18.8 Å². The van der Waals surface area contributed by atoms with Gasteiger partial charge in [-0.3, -0.25) is 4.79 Å². The number of carbonyl (C=O) groups excluding carboxylic acids is 1. The first kappa shape index (κ1) is 26.0. The molecule has 1 aliphatic heterocycles. The molecule has 2 atom stereocenters. The lowest BCUT2D eigenvalue weighted by atomic mass is 9.94. The normalized spacial score (nSPS) is 18.8. The number of nitrogens with one attached hydrogen (secondary N) is 1. The van der Waals surface area contributed by atoms with Crippen molar-refractivity contribution < 1.29 is 27.1 Å². The van der Waals surface area contributed by atoms with Crippen molar-refractivity contribution in [1.29, 1.82) is 0 Å². The van der Waals surface area contributed by atoms with Gasteiger partial charge in [-0.2, -0.15) is 4.31 Å². The number of hydrogen-bond donors (Lipinski definition) is 1. The minimum atomic E-state index is -3.63. The van der Waals surface area contributed by atoms with E-state index in [0.717, 1.165) is 12.0 Å². The van der Waals surface area contributed by atoms with Crippen LogP contribution in [0.3, 0.4) is 0 Å². The molecule has 194 valence electrons. The lowest BCUT2D eigenvalue weighted by Crippen LogP contribution is -2.42. The Hall–Kier alpha value is -3.04. The van der Waals surface area contributed by atoms with E-state index in [1.165, 1.54) is 0 Å². The third kappa shape index (κ3) is 5.22. The van der Waals surface area contributed by atoms with Gasteiger partial charge in [0.1, 0.15) is 5.58 Å². The number of amides is 1. The second-order valence-corrected chi connectivity index (χ2v) is 11.6. The number of rotatable bonds is 8. The van der Waals surface area contributed by atoms with Crippen LogP contribution in [-0.2, 0) is 16.4 Å². The maximum absolute atomic E-state index is 13.3. The highest BCUT2D eigenvalue weighted by Gasteiger charge is 2.32. The summed E-state index contributed by atoms with van der Waals surface area (Å²) in [7, 11) is -0.466. The Bertz CT molecular complexity index is 1350. The van der Waals surface area contributed by atoms with E-state index in [2.05, 4.69) is 19.2 Å². The molecule has 0 aliphatic carbocycles. The summed E-state index contributed by atoms with van der Waals surface area (Å²) in [6.07, 6.45) is 1.62. The Balaban J connectivity index is 1.49. The summed E-state index contributed by atoms with van der Waals surface area (Å²) in [6, 6.07) is 10.4. The molecule has 2 heterocycles. The molecule has 0 bridgehead atoms. The van der Waals surface area contributed by atoms with E-state index >= 15 is 0 Å². The van der Waals surface area contributed by atoms with Crippen molar-refractivity contribution in [2.45, 2.75) is 38.5 Å². The first-order valence-corrected chi connectivity index (χ1v) is 13.6. The fourth-order valence-electron chi connectivity index (χ4n) is 4.96. The summed E-state index contributed by atoms with van der Waals surface area (Å²) in [6.45, 7) is 7.37. The number of furan rings is 1. The Labute approximate surface area is 212 Å². The summed E-state index contributed by atoms with van der Waals surface area (Å²) in [5.41, 5.74) is 2.09. The molecule has 1 aliphatic rings. The summed E-state index contributed by atoms with van der Waals surface area (Å²) in [5, 5.41) is 3.51. The van der Waals surface area contributed by atoms with Gasteiger partial charge in [0, 0.05) is 30.6 Å². The minimum absolute atomic E-state index is 0.187. The molecule has 1 amide bonds. The first-order valence-electron chi connectivity index (χ1n) is 12.2. The largest absolute Gasteiger partial charge is 0.493 e. The highest BCUT2D eigenvalue weighted by molar-refractivity contribution is 7.89. The second-order valence-electron chi connectivity index (χ2n) is 9.68. The number of aryl methyl sites for hydroxylation is 1. The highest BCUT2D eigenvalue weighted by atomic mass is 32.2. The van der Waals surface area contributed by atoms with E-state index in [4.69, 9.17) is 13.9 Å². The van der Waals surface area contributed by atoms with E-state index < -0.39 is 10.0 Å². The van der Waals surface area contributed by atoms with Gasteiger partial charge in [0.2, 0.25) is 10.0 Å². The Morgan fingerprint density at radius 3 is 2.42 bits per heavy atom. The predicted octanol–water partition coefficient (Wildman–Crippen LogP) is 4.40. The van der Waals surface area contributed by atoms with Crippen LogP contribution in [0.5, 0.6) is 11.5 Å². The molecule has 0 saturated carbocycles. The number of ether oxygens (including phenoxy) is 2. The van der Waals surface area contributed by atoms with Crippen molar-refractivity contribution in [2.75, 3.05) is 33.9 Å². The molecular weight excluding hydrogens is 480 g/mol. The van der Waals surface area contributed by atoms with Gasteiger partial charge >= 0.3 is 0 Å². The lowest BCUT2D eigenvalue weighted by Gasteiger charge is -2.34. The van der Waals surface area contributed by atoms with Crippen LogP contribution in [-0.4, -0.2) is 52.5 Å². The van der Waals surface area contributed by atoms with Gasteiger partial charge in [-0.05, 0) is 67.5 Å². The number of fused-ring (bicyclic) bond motifs is 1. The summed E-state index contributed by atoms with van der Waals surface area (Å²) in [4.78, 5) is 13.1. The molecule has 36 heavy (non-hydrogen) atoms. The molecule has 8 nitrogen and oxygen atoms in total.